The van der Waals surface area contributed by atoms with Gasteiger partial charge in [0.1, 0.15) is 0 Å². The summed E-state index contributed by atoms with van der Waals surface area (Å²) in [4.78, 5) is 14.9. The fourth-order valence-electron chi connectivity index (χ4n) is 4.64. The minimum atomic E-state index is -0.400. The number of anilines is 1. The molecular formula is C26H23N3O2. The first-order chi connectivity index (χ1) is 15.1. The second-order valence-corrected chi connectivity index (χ2v) is 8.26. The largest absolute Gasteiger partial charge is 0.378 e. The molecular weight excluding hydrogens is 386 g/mol. The Kier molecular flexibility index (Phi) is 4.86. The standard InChI is InChI=1S/C26H23N3O2/c1-17-5-14-25-24(15-17)22-3-2-4-23(22)26(28-25)19-8-10-20(11-9-19)27-16-18-6-12-21(13-7-18)29(30)31/h2-3,5-16,22-23,26,28H,4H2,1H3/t22-,23-,26-/m0/s1. The molecule has 0 saturated carbocycles. The molecule has 2 aliphatic rings. The molecule has 31 heavy (non-hydrogen) atoms. The molecule has 0 spiro atoms. The van der Waals surface area contributed by atoms with Crippen molar-refractivity contribution in [2.45, 2.75) is 25.3 Å². The van der Waals surface area contributed by atoms with Crippen molar-refractivity contribution >= 4 is 23.3 Å². The van der Waals surface area contributed by atoms with Gasteiger partial charge in [-0.15, -0.1) is 0 Å². The third kappa shape index (κ3) is 3.75. The summed E-state index contributed by atoms with van der Waals surface area (Å²) in [5, 5.41) is 14.5. The topological polar surface area (TPSA) is 67.5 Å². The Labute approximate surface area is 181 Å². The van der Waals surface area contributed by atoms with Crippen LogP contribution in [-0.4, -0.2) is 11.1 Å². The lowest BCUT2D eigenvalue weighted by Crippen LogP contribution is -2.29. The third-order valence-electron chi connectivity index (χ3n) is 6.24. The number of aryl methyl sites for hydroxylation is 1. The van der Waals surface area contributed by atoms with Gasteiger partial charge in [-0.05, 0) is 66.3 Å². The molecule has 0 saturated heterocycles. The maximum Gasteiger partial charge on any atom is 0.269 e. The summed E-state index contributed by atoms with van der Waals surface area (Å²) in [6, 6.07) is 21.7. The van der Waals surface area contributed by atoms with E-state index in [0.29, 0.717) is 11.8 Å². The molecule has 0 fully saturated rings. The van der Waals surface area contributed by atoms with Crippen molar-refractivity contribution in [1.82, 2.24) is 0 Å². The molecule has 1 aliphatic carbocycles. The summed E-state index contributed by atoms with van der Waals surface area (Å²) in [6.07, 6.45) is 7.48. The number of rotatable bonds is 4. The highest BCUT2D eigenvalue weighted by Gasteiger charge is 2.37. The van der Waals surface area contributed by atoms with E-state index < -0.39 is 4.92 Å². The van der Waals surface area contributed by atoms with Crippen molar-refractivity contribution in [1.29, 1.82) is 0 Å². The van der Waals surface area contributed by atoms with Crippen LogP contribution in [0.2, 0.25) is 0 Å². The van der Waals surface area contributed by atoms with Crippen LogP contribution in [0.5, 0.6) is 0 Å². The summed E-state index contributed by atoms with van der Waals surface area (Å²) >= 11 is 0. The Morgan fingerprint density at radius 1 is 1.06 bits per heavy atom. The molecule has 3 atom stereocenters. The molecule has 154 valence electrons. The number of nitro benzene ring substituents is 1. The van der Waals surface area contributed by atoms with E-state index in [0.717, 1.165) is 17.7 Å². The van der Waals surface area contributed by atoms with E-state index in [-0.39, 0.29) is 11.7 Å². The predicted molar refractivity (Wildman–Crippen MR) is 124 cm³/mol. The van der Waals surface area contributed by atoms with Crippen molar-refractivity contribution < 1.29 is 4.92 Å². The van der Waals surface area contributed by atoms with E-state index in [2.05, 4.69) is 59.7 Å². The fourth-order valence-corrected chi connectivity index (χ4v) is 4.64. The van der Waals surface area contributed by atoms with E-state index in [4.69, 9.17) is 0 Å². The monoisotopic (exact) mass is 409 g/mol. The highest BCUT2D eigenvalue weighted by molar-refractivity contribution is 5.82. The molecule has 5 rings (SSSR count). The quantitative estimate of drug-likeness (QED) is 0.232. The summed E-state index contributed by atoms with van der Waals surface area (Å²) in [5.74, 6) is 0.977. The summed E-state index contributed by atoms with van der Waals surface area (Å²) in [5.41, 5.74) is 6.96. The molecule has 0 aromatic heterocycles. The van der Waals surface area contributed by atoms with Gasteiger partial charge in [-0.2, -0.15) is 0 Å². The van der Waals surface area contributed by atoms with Crippen molar-refractivity contribution in [3.05, 3.63) is 111 Å². The number of nitrogens with zero attached hydrogens (tertiary/aromatic N) is 2. The van der Waals surface area contributed by atoms with E-state index >= 15 is 0 Å². The fraction of sp³-hybridized carbons (Fsp3) is 0.192. The van der Waals surface area contributed by atoms with Gasteiger partial charge in [0, 0.05) is 30.0 Å². The molecule has 3 aromatic rings. The first kappa shape index (κ1) is 19.2. The minimum Gasteiger partial charge on any atom is -0.378 e. The first-order valence-corrected chi connectivity index (χ1v) is 10.5. The Hall–Kier alpha value is -3.73. The third-order valence-corrected chi connectivity index (χ3v) is 6.24. The number of hydrogen-bond acceptors (Lipinski definition) is 4. The van der Waals surface area contributed by atoms with E-state index in [9.17, 15) is 10.1 Å². The highest BCUT2D eigenvalue weighted by atomic mass is 16.6. The second kappa shape index (κ2) is 7.84. The van der Waals surface area contributed by atoms with Crippen molar-refractivity contribution in [3.8, 4) is 0 Å². The van der Waals surface area contributed by atoms with Gasteiger partial charge in [-0.25, -0.2) is 0 Å². The number of nitro groups is 1. The van der Waals surface area contributed by atoms with Crippen LogP contribution in [0, 0.1) is 23.0 Å². The number of benzene rings is 3. The SMILES string of the molecule is Cc1ccc2c(c1)[C@H]1C=CC[C@@H]1[C@H](c1ccc(N=Cc3ccc([N+](=O)[O-])cc3)cc1)N2. The zero-order valence-electron chi connectivity index (χ0n) is 17.2. The van der Waals surface area contributed by atoms with Crippen molar-refractivity contribution in [3.63, 3.8) is 0 Å². The average molecular weight is 409 g/mol. The van der Waals surface area contributed by atoms with Crippen molar-refractivity contribution in [2.24, 2.45) is 10.9 Å². The molecule has 0 radical (unpaired) electrons. The van der Waals surface area contributed by atoms with Crippen LogP contribution in [0.15, 0.2) is 83.9 Å². The molecule has 5 heteroatoms. The van der Waals surface area contributed by atoms with E-state index in [1.54, 1.807) is 18.3 Å². The van der Waals surface area contributed by atoms with Gasteiger partial charge < -0.3 is 5.32 Å². The van der Waals surface area contributed by atoms with Crippen LogP contribution >= 0.6 is 0 Å². The minimum absolute atomic E-state index is 0.0814. The number of allylic oxidation sites excluding steroid dienone is 2. The molecule has 0 bridgehead atoms. The number of nitrogens with one attached hydrogen (secondary N) is 1. The van der Waals surface area contributed by atoms with E-state index in [1.807, 2.05) is 12.1 Å². The Balaban J connectivity index is 1.35. The maximum atomic E-state index is 10.8. The molecule has 0 amide bonds. The van der Waals surface area contributed by atoms with Gasteiger partial charge in [0.05, 0.1) is 16.7 Å². The van der Waals surface area contributed by atoms with Gasteiger partial charge in [0.25, 0.3) is 5.69 Å². The van der Waals surface area contributed by atoms with Crippen LogP contribution < -0.4 is 5.32 Å². The van der Waals surface area contributed by atoms with Crippen LogP contribution in [0.25, 0.3) is 0 Å². The number of non-ortho nitro benzene ring substituents is 1. The smallest absolute Gasteiger partial charge is 0.269 e. The average Bonchev–Trinajstić information content (AvgIpc) is 3.28. The predicted octanol–water partition coefficient (Wildman–Crippen LogP) is 6.48. The lowest BCUT2D eigenvalue weighted by atomic mass is 9.76. The normalized spacial score (nSPS) is 21.5. The van der Waals surface area contributed by atoms with Gasteiger partial charge in [-0.3, -0.25) is 15.1 Å². The molecule has 3 aromatic carbocycles. The van der Waals surface area contributed by atoms with Crippen LogP contribution in [0.3, 0.4) is 0 Å². The lowest BCUT2D eigenvalue weighted by molar-refractivity contribution is -0.384. The number of fused-ring (bicyclic) bond motifs is 3. The van der Waals surface area contributed by atoms with Gasteiger partial charge in [0.15, 0.2) is 0 Å². The van der Waals surface area contributed by atoms with Crippen LogP contribution in [-0.2, 0) is 0 Å². The zero-order chi connectivity index (χ0) is 21.4. The Morgan fingerprint density at radius 2 is 1.84 bits per heavy atom. The van der Waals surface area contributed by atoms with E-state index in [1.165, 1.54) is 34.5 Å². The second-order valence-electron chi connectivity index (χ2n) is 8.26. The molecule has 0 unspecified atom stereocenters. The zero-order valence-corrected chi connectivity index (χ0v) is 17.2. The molecule has 1 aliphatic heterocycles. The Bertz CT molecular complexity index is 1180. The Morgan fingerprint density at radius 3 is 2.58 bits per heavy atom. The molecule has 1 N–H and O–H groups in total. The molecule has 1 heterocycles. The highest BCUT2D eigenvalue weighted by Crippen LogP contribution is 2.50. The number of hydrogen-bond donors (Lipinski definition) is 1. The summed E-state index contributed by atoms with van der Waals surface area (Å²) in [7, 11) is 0. The first-order valence-electron chi connectivity index (χ1n) is 10.5. The van der Waals surface area contributed by atoms with Crippen LogP contribution in [0.1, 0.15) is 40.6 Å². The maximum absolute atomic E-state index is 10.8. The number of aliphatic imine (C=N–C) groups is 1. The van der Waals surface area contributed by atoms with Gasteiger partial charge in [0.2, 0.25) is 0 Å². The lowest BCUT2D eigenvalue weighted by Gasteiger charge is -2.37. The summed E-state index contributed by atoms with van der Waals surface area (Å²) < 4.78 is 0. The van der Waals surface area contributed by atoms with Gasteiger partial charge >= 0.3 is 0 Å². The van der Waals surface area contributed by atoms with Crippen LogP contribution in [0.4, 0.5) is 17.1 Å². The van der Waals surface area contributed by atoms with Gasteiger partial charge in [-0.1, -0.05) is 42.0 Å². The molecule has 5 nitrogen and oxygen atoms in total. The summed E-state index contributed by atoms with van der Waals surface area (Å²) in [6.45, 7) is 2.15. The van der Waals surface area contributed by atoms with Crippen molar-refractivity contribution in [2.75, 3.05) is 5.32 Å².